The van der Waals surface area contributed by atoms with E-state index in [0.717, 1.165) is 0 Å². The fourth-order valence-corrected chi connectivity index (χ4v) is 4.72. The molecular weight excluding hydrogens is 454 g/mol. The van der Waals surface area contributed by atoms with Gasteiger partial charge in [0.25, 0.3) is 11.8 Å². The largest absolute Gasteiger partial charge is 0.378 e. The van der Waals surface area contributed by atoms with Crippen molar-refractivity contribution in [1.29, 1.82) is 0 Å². The summed E-state index contributed by atoms with van der Waals surface area (Å²) >= 11 is 7.07. The minimum atomic E-state index is -3.93. The highest BCUT2D eigenvalue weighted by Crippen LogP contribution is 2.21. The maximum atomic E-state index is 12.3. The number of aromatic nitrogens is 1. The third-order valence-electron chi connectivity index (χ3n) is 4.15. The number of hydrogen-bond donors (Lipinski definition) is 3. The number of anilines is 1. The summed E-state index contributed by atoms with van der Waals surface area (Å²) in [6.07, 6.45) is 0. The van der Waals surface area contributed by atoms with Gasteiger partial charge in [-0.05, 0) is 31.2 Å². The number of thiazole rings is 1. The summed E-state index contributed by atoms with van der Waals surface area (Å²) in [4.78, 5) is 30.7. The van der Waals surface area contributed by atoms with Crippen LogP contribution in [-0.2, 0) is 19.6 Å². The van der Waals surface area contributed by atoms with Crippen molar-refractivity contribution in [1.82, 2.24) is 20.6 Å². The number of ether oxygens (including phenoxy) is 1. The van der Waals surface area contributed by atoms with E-state index in [4.69, 9.17) is 16.3 Å². The molecule has 30 heavy (non-hydrogen) atoms. The third-order valence-corrected chi connectivity index (χ3v) is 6.86. The van der Waals surface area contributed by atoms with Crippen LogP contribution in [0.2, 0.25) is 5.02 Å². The maximum Gasteiger partial charge on any atom is 0.289 e. The van der Waals surface area contributed by atoms with E-state index in [9.17, 15) is 18.0 Å². The topological polar surface area (TPSA) is 130 Å². The molecular formula is C17H20ClN5O5S2. The summed E-state index contributed by atoms with van der Waals surface area (Å²) in [7, 11) is -3.93. The number of carbonyl (C=O) groups is 2. The van der Waals surface area contributed by atoms with E-state index in [1.165, 1.54) is 42.5 Å². The lowest BCUT2D eigenvalue weighted by atomic mass is 10.3. The number of hydrazine groups is 1. The predicted molar refractivity (Wildman–Crippen MR) is 112 cm³/mol. The van der Waals surface area contributed by atoms with Gasteiger partial charge < -0.3 is 9.64 Å². The summed E-state index contributed by atoms with van der Waals surface area (Å²) in [5, 5.41) is 2.67. The fraction of sp³-hybridized carbons (Fsp3) is 0.353. The fourth-order valence-electron chi connectivity index (χ4n) is 2.53. The number of amides is 2. The zero-order valence-corrected chi connectivity index (χ0v) is 18.3. The number of rotatable bonds is 6. The molecule has 3 N–H and O–H groups in total. The van der Waals surface area contributed by atoms with Gasteiger partial charge in [-0.15, -0.1) is 11.3 Å². The number of benzene rings is 1. The Bertz CT molecular complexity index is 1010. The number of sulfonamides is 1. The second kappa shape index (κ2) is 9.71. The van der Waals surface area contributed by atoms with E-state index in [-0.39, 0.29) is 10.6 Å². The van der Waals surface area contributed by atoms with Crippen molar-refractivity contribution in [2.45, 2.75) is 17.9 Å². The Morgan fingerprint density at radius 2 is 1.87 bits per heavy atom. The van der Waals surface area contributed by atoms with E-state index in [0.29, 0.717) is 36.5 Å². The lowest BCUT2D eigenvalue weighted by molar-refractivity contribution is -0.123. The molecule has 3 rings (SSSR count). The number of carbonyl (C=O) groups excluding carboxylic acids is 2. The molecule has 0 saturated carbocycles. The van der Waals surface area contributed by atoms with Crippen LogP contribution in [0.5, 0.6) is 0 Å². The quantitative estimate of drug-likeness (QED) is 0.528. The molecule has 13 heteroatoms. The van der Waals surface area contributed by atoms with Crippen molar-refractivity contribution < 1.29 is 22.7 Å². The smallest absolute Gasteiger partial charge is 0.289 e. The first kappa shape index (κ1) is 22.4. The number of morpholine rings is 1. The van der Waals surface area contributed by atoms with Gasteiger partial charge in [0.2, 0.25) is 10.0 Å². The zero-order valence-electron chi connectivity index (χ0n) is 15.9. The molecule has 0 radical (unpaired) electrons. The summed E-state index contributed by atoms with van der Waals surface area (Å²) < 4.78 is 32.2. The van der Waals surface area contributed by atoms with Gasteiger partial charge in [0, 0.05) is 23.5 Å². The lowest BCUT2D eigenvalue weighted by Gasteiger charge is -2.25. The Hall–Kier alpha value is -2.25. The van der Waals surface area contributed by atoms with Crippen LogP contribution in [0.3, 0.4) is 0 Å². The minimum Gasteiger partial charge on any atom is -0.378 e. The molecule has 2 amide bonds. The van der Waals surface area contributed by atoms with E-state index >= 15 is 0 Å². The monoisotopic (exact) mass is 473 g/mol. The molecule has 2 aromatic rings. The first-order chi connectivity index (χ1) is 14.3. The molecule has 0 aliphatic carbocycles. The molecule has 162 valence electrons. The third kappa shape index (κ3) is 5.67. The molecule has 0 unspecified atom stereocenters. The highest BCUT2D eigenvalue weighted by molar-refractivity contribution is 7.89. The molecule has 1 fully saturated rings. The molecule has 1 aliphatic rings. The van der Waals surface area contributed by atoms with Crippen LogP contribution in [0, 0.1) is 0 Å². The van der Waals surface area contributed by atoms with Crippen LogP contribution < -0.4 is 20.5 Å². The number of hydrogen-bond acceptors (Lipinski definition) is 8. The summed E-state index contributed by atoms with van der Waals surface area (Å²) in [5.74, 6) is -1.34. The van der Waals surface area contributed by atoms with Crippen molar-refractivity contribution in [3.05, 3.63) is 40.4 Å². The average molecular weight is 474 g/mol. The number of nitrogens with one attached hydrogen (secondary N) is 3. The van der Waals surface area contributed by atoms with Crippen LogP contribution >= 0.6 is 22.9 Å². The molecule has 10 nitrogen and oxygen atoms in total. The highest BCUT2D eigenvalue weighted by atomic mass is 35.5. The van der Waals surface area contributed by atoms with Crippen LogP contribution in [0.15, 0.2) is 34.5 Å². The molecule has 1 aromatic carbocycles. The molecule has 1 aliphatic heterocycles. The van der Waals surface area contributed by atoms with Gasteiger partial charge >= 0.3 is 0 Å². The van der Waals surface area contributed by atoms with Crippen molar-refractivity contribution in [3.8, 4) is 0 Å². The van der Waals surface area contributed by atoms with Crippen molar-refractivity contribution >= 4 is 49.9 Å². The lowest BCUT2D eigenvalue weighted by Crippen LogP contribution is -2.51. The molecule has 1 saturated heterocycles. The Morgan fingerprint density at radius 1 is 1.20 bits per heavy atom. The van der Waals surface area contributed by atoms with E-state index in [2.05, 4.69) is 20.6 Å². The average Bonchev–Trinajstić information content (AvgIpc) is 3.23. The van der Waals surface area contributed by atoms with Gasteiger partial charge in [-0.1, -0.05) is 11.6 Å². The van der Waals surface area contributed by atoms with Gasteiger partial charge in [-0.3, -0.25) is 20.4 Å². The Morgan fingerprint density at radius 3 is 2.53 bits per heavy atom. The van der Waals surface area contributed by atoms with Gasteiger partial charge in [0.1, 0.15) is 5.69 Å². The summed E-state index contributed by atoms with van der Waals surface area (Å²) in [5.41, 5.74) is 4.59. The second-order valence-corrected chi connectivity index (χ2v) is 9.34. The summed E-state index contributed by atoms with van der Waals surface area (Å²) in [6.45, 7) is 3.93. The van der Waals surface area contributed by atoms with Crippen LogP contribution in [0.1, 0.15) is 17.4 Å². The Kier molecular flexibility index (Phi) is 7.26. The normalized spacial score (nSPS) is 15.5. The number of nitrogens with zero attached hydrogens (tertiary/aromatic N) is 2. The van der Waals surface area contributed by atoms with Crippen molar-refractivity contribution in [2.75, 3.05) is 31.2 Å². The molecule has 1 atom stereocenters. The SMILES string of the molecule is C[C@H](NS(=O)(=O)c1ccc(Cl)cc1)C(=O)NNC(=O)c1csc(N2CCOCC2)n1. The van der Waals surface area contributed by atoms with Crippen molar-refractivity contribution in [2.24, 2.45) is 0 Å². The standard InChI is InChI=1S/C17H20ClN5O5S2/c1-11(22-30(26,27)13-4-2-12(18)3-5-13)15(24)20-21-16(25)14-10-29-17(19-14)23-6-8-28-9-7-23/h2-5,10-11,22H,6-9H2,1H3,(H,20,24)(H,21,25)/t11-/m0/s1. The first-order valence-corrected chi connectivity index (χ1v) is 11.7. The Labute approximate surface area is 182 Å². The van der Waals surface area contributed by atoms with Gasteiger partial charge in [0.05, 0.1) is 24.2 Å². The van der Waals surface area contributed by atoms with E-state index in [1.807, 2.05) is 4.90 Å². The predicted octanol–water partition coefficient (Wildman–Crippen LogP) is 0.761. The van der Waals surface area contributed by atoms with E-state index < -0.39 is 27.9 Å². The highest BCUT2D eigenvalue weighted by Gasteiger charge is 2.23. The molecule has 0 bridgehead atoms. The summed E-state index contributed by atoms with van der Waals surface area (Å²) in [6, 6.07) is 4.38. The maximum absolute atomic E-state index is 12.3. The van der Waals surface area contributed by atoms with Gasteiger partial charge in [-0.25, -0.2) is 13.4 Å². The van der Waals surface area contributed by atoms with Crippen LogP contribution in [-0.4, -0.2) is 57.6 Å². The van der Waals surface area contributed by atoms with Gasteiger partial charge in [-0.2, -0.15) is 4.72 Å². The molecule has 0 spiro atoms. The second-order valence-electron chi connectivity index (χ2n) is 6.36. The Balaban J connectivity index is 1.52. The van der Waals surface area contributed by atoms with Crippen molar-refractivity contribution in [3.63, 3.8) is 0 Å². The molecule has 2 heterocycles. The van der Waals surface area contributed by atoms with Crippen LogP contribution in [0.4, 0.5) is 5.13 Å². The molecule has 1 aromatic heterocycles. The van der Waals surface area contributed by atoms with Gasteiger partial charge in [0.15, 0.2) is 5.13 Å². The van der Waals surface area contributed by atoms with Crippen LogP contribution in [0.25, 0.3) is 0 Å². The number of halogens is 1. The minimum absolute atomic E-state index is 0.0336. The van der Waals surface area contributed by atoms with E-state index in [1.54, 1.807) is 5.38 Å². The zero-order chi connectivity index (χ0) is 21.7. The first-order valence-electron chi connectivity index (χ1n) is 8.92.